The molecule has 0 unspecified atom stereocenters. The van der Waals surface area contributed by atoms with Crippen LogP contribution < -0.4 is 9.64 Å². The quantitative estimate of drug-likeness (QED) is 0.853. The Morgan fingerprint density at radius 3 is 2.55 bits per heavy atom. The lowest BCUT2D eigenvalue weighted by atomic mass is 10.1. The maximum atomic E-state index is 11.7. The second kappa shape index (κ2) is 6.22. The Kier molecular flexibility index (Phi) is 4.14. The minimum Gasteiger partial charge on any atom is -0.489 e. The van der Waals surface area contributed by atoms with Crippen molar-refractivity contribution in [1.82, 2.24) is 0 Å². The molecule has 0 bridgehead atoms. The van der Waals surface area contributed by atoms with Gasteiger partial charge in [0.25, 0.3) is 0 Å². The number of nitrogens with zero attached hydrogens (tertiary/aromatic N) is 1. The molecule has 3 nitrogen and oxygen atoms in total. The van der Waals surface area contributed by atoms with Crippen LogP contribution in [0.4, 0.5) is 5.69 Å². The highest BCUT2D eigenvalue weighted by atomic mass is 16.5. The zero-order valence-corrected chi connectivity index (χ0v) is 13.1. The van der Waals surface area contributed by atoms with Gasteiger partial charge in [-0.2, -0.15) is 0 Å². The Hall–Kier alpha value is -2.29. The van der Waals surface area contributed by atoms with Crippen LogP contribution in [0.1, 0.15) is 29.5 Å². The third-order valence-electron chi connectivity index (χ3n) is 4.12. The van der Waals surface area contributed by atoms with Gasteiger partial charge in [-0.25, -0.2) is 0 Å². The van der Waals surface area contributed by atoms with Crippen LogP contribution in [0.15, 0.2) is 42.5 Å². The highest BCUT2D eigenvalue weighted by molar-refractivity contribution is 5.95. The predicted molar refractivity (Wildman–Crippen MR) is 88.3 cm³/mol. The molecule has 1 amide bonds. The number of carbonyl (C=O) groups excluding carboxylic acids is 1. The Morgan fingerprint density at radius 1 is 1.09 bits per heavy atom. The molecule has 22 heavy (non-hydrogen) atoms. The lowest BCUT2D eigenvalue weighted by Gasteiger charge is -2.16. The molecule has 3 heteroatoms. The molecule has 0 saturated carbocycles. The zero-order valence-electron chi connectivity index (χ0n) is 13.1. The SMILES string of the molecule is Cc1ccc(C)c(COc2ccc(N3CCCC3=O)cc2)c1. The Balaban J connectivity index is 1.66. The van der Waals surface area contributed by atoms with Crippen molar-refractivity contribution in [3.05, 3.63) is 59.2 Å². The molecular weight excluding hydrogens is 274 g/mol. The lowest BCUT2D eigenvalue weighted by molar-refractivity contribution is -0.117. The summed E-state index contributed by atoms with van der Waals surface area (Å²) in [6.07, 6.45) is 1.61. The molecule has 2 aromatic rings. The number of ether oxygens (including phenoxy) is 1. The van der Waals surface area contributed by atoms with Gasteiger partial charge < -0.3 is 9.64 Å². The standard InChI is InChI=1S/C19H21NO2/c1-14-5-6-15(2)16(12-14)13-22-18-9-7-17(8-10-18)20-11-3-4-19(20)21/h5-10,12H,3-4,11,13H2,1-2H3. The zero-order chi connectivity index (χ0) is 15.5. The fraction of sp³-hybridized carbons (Fsp3) is 0.316. The molecule has 3 rings (SSSR count). The van der Waals surface area contributed by atoms with Crippen molar-refractivity contribution in [2.24, 2.45) is 0 Å². The molecule has 2 aromatic carbocycles. The molecule has 1 heterocycles. The molecule has 0 radical (unpaired) electrons. The summed E-state index contributed by atoms with van der Waals surface area (Å²) in [7, 11) is 0. The molecule has 0 aromatic heterocycles. The average Bonchev–Trinajstić information content (AvgIpc) is 2.95. The van der Waals surface area contributed by atoms with Gasteiger partial charge in [0.1, 0.15) is 12.4 Å². The second-order valence-electron chi connectivity index (χ2n) is 5.86. The van der Waals surface area contributed by atoms with Gasteiger partial charge in [0.15, 0.2) is 0 Å². The van der Waals surface area contributed by atoms with Crippen LogP contribution in [0.25, 0.3) is 0 Å². The third kappa shape index (κ3) is 3.14. The molecule has 114 valence electrons. The van der Waals surface area contributed by atoms with E-state index in [9.17, 15) is 4.79 Å². The number of hydrogen-bond donors (Lipinski definition) is 0. The first-order valence-corrected chi connectivity index (χ1v) is 7.73. The number of amides is 1. The van der Waals surface area contributed by atoms with Crippen molar-refractivity contribution in [3.63, 3.8) is 0 Å². The van der Waals surface area contributed by atoms with Crippen LogP contribution in [0.5, 0.6) is 5.75 Å². The normalized spacial score (nSPS) is 14.5. The van der Waals surface area contributed by atoms with Crippen LogP contribution in [0, 0.1) is 13.8 Å². The van der Waals surface area contributed by atoms with Gasteiger partial charge in [0.2, 0.25) is 5.91 Å². The van der Waals surface area contributed by atoms with E-state index in [1.807, 2.05) is 29.2 Å². The van der Waals surface area contributed by atoms with Crippen LogP contribution >= 0.6 is 0 Å². The van der Waals surface area contributed by atoms with Crippen molar-refractivity contribution in [3.8, 4) is 5.75 Å². The van der Waals surface area contributed by atoms with Gasteiger partial charge in [-0.3, -0.25) is 4.79 Å². The number of hydrogen-bond acceptors (Lipinski definition) is 2. The topological polar surface area (TPSA) is 29.5 Å². The van der Waals surface area contributed by atoms with E-state index in [4.69, 9.17) is 4.74 Å². The summed E-state index contributed by atoms with van der Waals surface area (Å²) in [5.74, 6) is 1.04. The van der Waals surface area contributed by atoms with Crippen molar-refractivity contribution in [1.29, 1.82) is 0 Å². The van der Waals surface area contributed by atoms with E-state index >= 15 is 0 Å². The number of carbonyl (C=O) groups is 1. The summed E-state index contributed by atoms with van der Waals surface area (Å²) >= 11 is 0. The Bertz CT molecular complexity index is 676. The highest BCUT2D eigenvalue weighted by Crippen LogP contribution is 2.24. The third-order valence-corrected chi connectivity index (χ3v) is 4.12. The van der Waals surface area contributed by atoms with Crippen molar-refractivity contribution in [2.45, 2.75) is 33.3 Å². The minimum absolute atomic E-state index is 0.212. The fourth-order valence-electron chi connectivity index (χ4n) is 2.76. The van der Waals surface area contributed by atoms with E-state index in [1.54, 1.807) is 0 Å². The smallest absolute Gasteiger partial charge is 0.227 e. The molecule has 1 aliphatic heterocycles. The second-order valence-corrected chi connectivity index (χ2v) is 5.86. The molecule has 0 N–H and O–H groups in total. The van der Waals surface area contributed by atoms with Gasteiger partial charge in [-0.1, -0.05) is 23.8 Å². The van der Waals surface area contributed by atoms with Crippen molar-refractivity contribution < 1.29 is 9.53 Å². The van der Waals surface area contributed by atoms with Crippen molar-refractivity contribution >= 4 is 11.6 Å². The van der Waals surface area contributed by atoms with Gasteiger partial charge >= 0.3 is 0 Å². The molecular formula is C19H21NO2. The van der Waals surface area contributed by atoms with E-state index in [2.05, 4.69) is 32.0 Å². The molecule has 1 saturated heterocycles. The largest absolute Gasteiger partial charge is 0.489 e. The summed E-state index contributed by atoms with van der Waals surface area (Å²) in [6.45, 7) is 5.57. The molecule has 0 aliphatic carbocycles. The molecule has 0 atom stereocenters. The minimum atomic E-state index is 0.212. The van der Waals surface area contributed by atoms with Crippen LogP contribution in [0.2, 0.25) is 0 Å². The van der Waals surface area contributed by atoms with E-state index in [0.717, 1.165) is 24.4 Å². The molecule has 0 spiro atoms. The Labute approximate surface area is 131 Å². The lowest BCUT2D eigenvalue weighted by Crippen LogP contribution is -2.23. The van der Waals surface area contributed by atoms with Crippen LogP contribution in [-0.2, 0) is 11.4 Å². The van der Waals surface area contributed by atoms with Crippen molar-refractivity contribution in [2.75, 3.05) is 11.4 Å². The summed E-state index contributed by atoms with van der Waals surface area (Å²) in [5, 5.41) is 0. The van der Waals surface area contributed by atoms with Crippen LogP contribution in [-0.4, -0.2) is 12.5 Å². The van der Waals surface area contributed by atoms with Gasteiger partial charge in [-0.05, 0) is 55.7 Å². The van der Waals surface area contributed by atoms with Gasteiger partial charge in [0, 0.05) is 18.7 Å². The maximum Gasteiger partial charge on any atom is 0.227 e. The number of benzene rings is 2. The van der Waals surface area contributed by atoms with Gasteiger partial charge in [-0.15, -0.1) is 0 Å². The molecule has 1 fully saturated rings. The van der Waals surface area contributed by atoms with Gasteiger partial charge in [0.05, 0.1) is 0 Å². The number of anilines is 1. The van der Waals surface area contributed by atoms with E-state index in [0.29, 0.717) is 13.0 Å². The van der Waals surface area contributed by atoms with Crippen LogP contribution in [0.3, 0.4) is 0 Å². The summed E-state index contributed by atoms with van der Waals surface area (Å²) in [6, 6.07) is 14.2. The van der Waals surface area contributed by atoms with E-state index in [1.165, 1.54) is 16.7 Å². The first-order valence-electron chi connectivity index (χ1n) is 7.73. The maximum absolute atomic E-state index is 11.7. The highest BCUT2D eigenvalue weighted by Gasteiger charge is 2.21. The monoisotopic (exact) mass is 295 g/mol. The summed E-state index contributed by atoms with van der Waals surface area (Å²) < 4.78 is 5.87. The predicted octanol–water partition coefficient (Wildman–Crippen LogP) is 4.01. The number of rotatable bonds is 4. The van der Waals surface area contributed by atoms with E-state index in [-0.39, 0.29) is 5.91 Å². The Morgan fingerprint density at radius 2 is 1.86 bits per heavy atom. The first-order chi connectivity index (χ1) is 10.6. The fourth-order valence-corrected chi connectivity index (χ4v) is 2.76. The summed E-state index contributed by atoms with van der Waals surface area (Å²) in [5.41, 5.74) is 4.65. The summed E-state index contributed by atoms with van der Waals surface area (Å²) in [4.78, 5) is 13.6. The first kappa shape index (κ1) is 14.6. The van der Waals surface area contributed by atoms with E-state index < -0.39 is 0 Å². The average molecular weight is 295 g/mol. The molecule has 1 aliphatic rings. The number of aryl methyl sites for hydroxylation is 2.